The van der Waals surface area contributed by atoms with Gasteiger partial charge in [-0.3, -0.25) is 9.78 Å². The Bertz CT molecular complexity index is 598. The minimum Gasteiger partial charge on any atom is -0.351 e. The van der Waals surface area contributed by atoms with Crippen molar-refractivity contribution in [2.75, 3.05) is 0 Å². The fourth-order valence-electron chi connectivity index (χ4n) is 2.45. The monoisotopic (exact) mass is 267 g/mol. The molecule has 2 aromatic rings. The molecule has 0 saturated carbocycles. The average Bonchev–Trinajstić information content (AvgIpc) is 2.53. The first kappa shape index (κ1) is 12.8. The summed E-state index contributed by atoms with van der Waals surface area (Å²) in [7, 11) is 0. The molecule has 1 aromatic heterocycles. The van der Waals surface area contributed by atoms with E-state index in [0.29, 0.717) is 6.54 Å². The van der Waals surface area contributed by atoms with Crippen LogP contribution in [0.2, 0.25) is 0 Å². The molecule has 2 heterocycles. The van der Waals surface area contributed by atoms with Gasteiger partial charge in [-0.25, -0.2) is 0 Å². The van der Waals surface area contributed by atoms with E-state index < -0.39 is 0 Å². The van der Waals surface area contributed by atoms with Gasteiger partial charge in [0.05, 0.1) is 6.04 Å². The molecular weight excluding hydrogens is 250 g/mol. The summed E-state index contributed by atoms with van der Waals surface area (Å²) in [5.74, 6) is 0.0448. The number of carbonyl (C=O) groups is 1. The lowest BCUT2D eigenvalue weighted by molar-refractivity contribution is -0.123. The van der Waals surface area contributed by atoms with Crippen LogP contribution in [0, 0.1) is 0 Å². The SMILES string of the molecule is O=C(NCc1cccnc1)[C@@H]1Cc2ccccc2CN1. The highest BCUT2D eigenvalue weighted by molar-refractivity contribution is 5.82. The molecule has 0 bridgehead atoms. The van der Waals surface area contributed by atoms with E-state index in [9.17, 15) is 4.79 Å². The lowest BCUT2D eigenvalue weighted by Gasteiger charge is -2.25. The van der Waals surface area contributed by atoms with E-state index >= 15 is 0 Å². The highest BCUT2D eigenvalue weighted by Crippen LogP contribution is 2.16. The number of carbonyl (C=O) groups excluding carboxylic acids is 1. The van der Waals surface area contributed by atoms with E-state index in [0.717, 1.165) is 18.5 Å². The molecule has 0 unspecified atom stereocenters. The summed E-state index contributed by atoms with van der Waals surface area (Å²) in [6, 6.07) is 11.9. The van der Waals surface area contributed by atoms with Gasteiger partial charge in [0.15, 0.2) is 0 Å². The maximum atomic E-state index is 12.2. The van der Waals surface area contributed by atoms with Crippen molar-refractivity contribution in [3.8, 4) is 0 Å². The molecule has 1 atom stereocenters. The van der Waals surface area contributed by atoms with Crippen molar-refractivity contribution >= 4 is 5.91 Å². The summed E-state index contributed by atoms with van der Waals surface area (Å²) in [5.41, 5.74) is 3.55. The van der Waals surface area contributed by atoms with E-state index in [2.05, 4.69) is 27.8 Å². The molecule has 3 rings (SSSR count). The third kappa shape index (κ3) is 2.86. The van der Waals surface area contributed by atoms with Gasteiger partial charge in [-0.15, -0.1) is 0 Å². The van der Waals surface area contributed by atoms with E-state index in [1.165, 1.54) is 11.1 Å². The number of benzene rings is 1. The molecule has 0 spiro atoms. The van der Waals surface area contributed by atoms with Crippen LogP contribution >= 0.6 is 0 Å². The predicted octanol–water partition coefficient (Wildman–Crippen LogP) is 1.41. The average molecular weight is 267 g/mol. The van der Waals surface area contributed by atoms with Crippen LogP contribution in [-0.2, 0) is 24.3 Å². The quantitative estimate of drug-likeness (QED) is 0.884. The molecular formula is C16H17N3O. The summed E-state index contributed by atoms with van der Waals surface area (Å²) in [5, 5.41) is 6.24. The van der Waals surface area contributed by atoms with Crippen molar-refractivity contribution in [1.29, 1.82) is 0 Å². The third-order valence-electron chi connectivity index (χ3n) is 3.59. The Morgan fingerprint density at radius 3 is 2.90 bits per heavy atom. The van der Waals surface area contributed by atoms with Crippen molar-refractivity contribution in [3.63, 3.8) is 0 Å². The zero-order valence-electron chi connectivity index (χ0n) is 11.2. The number of amides is 1. The lowest BCUT2D eigenvalue weighted by Crippen LogP contribution is -2.47. The molecule has 2 N–H and O–H groups in total. The zero-order chi connectivity index (χ0) is 13.8. The minimum atomic E-state index is -0.151. The Kier molecular flexibility index (Phi) is 3.74. The molecule has 102 valence electrons. The molecule has 1 aliphatic heterocycles. The van der Waals surface area contributed by atoms with E-state index in [-0.39, 0.29) is 11.9 Å². The van der Waals surface area contributed by atoms with Crippen molar-refractivity contribution in [1.82, 2.24) is 15.6 Å². The molecule has 4 heteroatoms. The molecule has 20 heavy (non-hydrogen) atoms. The molecule has 4 nitrogen and oxygen atoms in total. The lowest BCUT2D eigenvalue weighted by atomic mass is 9.95. The fourth-order valence-corrected chi connectivity index (χ4v) is 2.45. The van der Waals surface area contributed by atoms with Crippen molar-refractivity contribution in [3.05, 3.63) is 65.5 Å². The topological polar surface area (TPSA) is 54.0 Å². The van der Waals surface area contributed by atoms with Gasteiger partial charge < -0.3 is 10.6 Å². The van der Waals surface area contributed by atoms with Gasteiger partial charge in [0.1, 0.15) is 0 Å². The van der Waals surface area contributed by atoms with Gasteiger partial charge in [0.2, 0.25) is 5.91 Å². The summed E-state index contributed by atoms with van der Waals surface area (Å²) in [4.78, 5) is 16.2. The zero-order valence-corrected chi connectivity index (χ0v) is 11.2. The van der Waals surface area contributed by atoms with E-state index in [1.54, 1.807) is 12.4 Å². The van der Waals surface area contributed by atoms with Crippen LogP contribution in [0.5, 0.6) is 0 Å². The fraction of sp³-hybridized carbons (Fsp3) is 0.250. The molecule has 0 fully saturated rings. The maximum Gasteiger partial charge on any atom is 0.237 e. The first-order valence-electron chi connectivity index (χ1n) is 6.80. The largest absolute Gasteiger partial charge is 0.351 e. The first-order chi connectivity index (χ1) is 9.83. The van der Waals surface area contributed by atoms with Gasteiger partial charge in [-0.1, -0.05) is 30.3 Å². The van der Waals surface area contributed by atoms with Crippen LogP contribution < -0.4 is 10.6 Å². The number of hydrogen-bond donors (Lipinski definition) is 2. The van der Waals surface area contributed by atoms with Gasteiger partial charge in [-0.2, -0.15) is 0 Å². The van der Waals surface area contributed by atoms with Crippen LogP contribution in [0.1, 0.15) is 16.7 Å². The molecule has 0 saturated heterocycles. The number of pyridine rings is 1. The second-order valence-electron chi connectivity index (χ2n) is 4.99. The number of hydrogen-bond acceptors (Lipinski definition) is 3. The van der Waals surface area contributed by atoms with E-state index in [1.807, 2.05) is 24.3 Å². The third-order valence-corrected chi connectivity index (χ3v) is 3.59. The van der Waals surface area contributed by atoms with Crippen molar-refractivity contribution < 1.29 is 4.79 Å². The maximum absolute atomic E-state index is 12.2. The normalized spacial score (nSPS) is 17.3. The van der Waals surface area contributed by atoms with Gasteiger partial charge in [0.25, 0.3) is 0 Å². The minimum absolute atomic E-state index is 0.0448. The number of fused-ring (bicyclic) bond motifs is 1. The van der Waals surface area contributed by atoms with Gasteiger partial charge in [0, 0.05) is 25.5 Å². The standard InChI is InChI=1S/C16H17N3O/c20-16(19-10-12-4-3-7-17-9-12)15-8-13-5-1-2-6-14(13)11-18-15/h1-7,9,15,18H,8,10-11H2,(H,19,20)/t15-/m0/s1. The summed E-state index contributed by atoms with van der Waals surface area (Å²) in [6.07, 6.45) is 4.24. The number of rotatable bonds is 3. The van der Waals surface area contributed by atoms with Crippen LogP contribution in [-0.4, -0.2) is 16.9 Å². The van der Waals surface area contributed by atoms with Crippen LogP contribution in [0.25, 0.3) is 0 Å². The molecule has 0 radical (unpaired) electrons. The Morgan fingerprint density at radius 2 is 2.10 bits per heavy atom. The Morgan fingerprint density at radius 1 is 1.25 bits per heavy atom. The number of aromatic nitrogens is 1. The predicted molar refractivity (Wildman–Crippen MR) is 76.9 cm³/mol. The van der Waals surface area contributed by atoms with Crippen molar-refractivity contribution in [2.45, 2.75) is 25.6 Å². The Hall–Kier alpha value is -2.20. The van der Waals surface area contributed by atoms with Crippen LogP contribution in [0.3, 0.4) is 0 Å². The summed E-state index contributed by atoms with van der Waals surface area (Å²) >= 11 is 0. The van der Waals surface area contributed by atoms with Crippen LogP contribution in [0.15, 0.2) is 48.8 Å². The Labute approximate surface area is 118 Å². The van der Waals surface area contributed by atoms with Gasteiger partial charge >= 0.3 is 0 Å². The highest BCUT2D eigenvalue weighted by Gasteiger charge is 2.23. The summed E-state index contributed by atoms with van der Waals surface area (Å²) < 4.78 is 0. The molecule has 1 aromatic carbocycles. The Balaban J connectivity index is 1.59. The van der Waals surface area contributed by atoms with Crippen molar-refractivity contribution in [2.24, 2.45) is 0 Å². The second kappa shape index (κ2) is 5.84. The number of nitrogens with one attached hydrogen (secondary N) is 2. The van der Waals surface area contributed by atoms with E-state index in [4.69, 9.17) is 0 Å². The molecule has 0 aliphatic carbocycles. The summed E-state index contributed by atoms with van der Waals surface area (Å²) in [6.45, 7) is 1.27. The number of nitrogens with zero attached hydrogens (tertiary/aromatic N) is 1. The molecule has 1 amide bonds. The van der Waals surface area contributed by atoms with Gasteiger partial charge in [-0.05, 0) is 29.2 Å². The second-order valence-corrected chi connectivity index (χ2v) is 4.99. The highest BCUT2D eigenvalue weighted by atomic mass is 16.2. The van der Waals surface area contributed by atoms with Crippen LogP contribution in [0.4, 0.5) is 0 Å². The smallest absolute Gasteiger partial charge is 0.237 e. The molecule has 1 aliphatic rings. The first-order valence-corrected chi connectivity index (χ1v) is 6.80.